The number of aryl methyl sites for hydroxylation is 1. The predicted molar refractivity (Wildman–Crippen MR) is 103 cm³/mol. The number of benzene rings is 1. The molecule has 0 spiro atoms. The van der Waals surface area contributed by atoms with Crippen LogP contribution in [0.1, 0.15) is 12.1 Å². The SMILES string of the molecule is COc1cc(C)nc(/N=C(/N)Nc2cccc(OCCCN(C)C)c2)n1. The molecular formula is C18H26N6O2. The number of nitrogens with two attached hydrogens (primary N) is 1. The first-order valence-electron chi connectivity index (χ1n) is 8.34. The summed E-state index contributed by atoms with van der Waals surface area (Å²) in [6, 6.07) is 9.27. The van der Waals surface area contributed by atoms with E-state index in [-0.39, 0.29) is 11.9 Å². The van der Waals surface area contributed by atoms with E-state index in [1.54, 1.807) is 13.2 Å². The number of rotatable bonds is 8. The molecule has 1 heterocycles. The average molecular weight is 358 g/mol. The van der Waals surface area contributed by atoms with E-state index in [0.29, 0.717) is 12.5 Å². The van der Waals surface area contributed by atoms with E-state index in [1.807, 2.05) is 45.3 Å². The maximum absolute atomic E-state index is 5.96. The Morgan fingerprint density at radius 3 is 2.81 bits per heavy atom. The molecule has 0 aliphatic rings. The quantitative estimate of drug-likeness (QED) is 0.424. The molecule has 0 saturated heterocycles. The first-order chi connectivity index (χ1) is 12.5. The van der Waals surface area contributed by atoms with Crippen molar-refractivity contribution in [1.82, 2.24) is 14.9 Å². The van der Waals surface area contributed by atoms with Crippen molar-refractivity contribution in [3.63, 3.8) is 0 Å². The summed E-state index contributed by atoms with van der Waals surface area (Å²) in [5.41, 5.74) is 7.48. The Bertz CT molecular complexity index is 748. The summed E-state index contributed by atoms with van der Waals surface area (Å²) < 4.78 is 10.9. The maximum atomic E-state index is 5.96. The molecule has 140 valence electrons. The molecule has 0 amide bonds. The zero-order valence-corrected chi connectivity index (χ0v) is 15.7. The molecule has 2 aromatic rings. The molecule has 0 bridgehead atoms. The van der Waals surface area contributed by atoms with Crippen molar-refractivity contribution in [2.24, 2.45) is 10.7 Å². The van der Waals surface area contributed by atoms with Gasteiger partial charge in [-0.2, -0.15) is 9.98 Å². The molecule has 8 nitrogen and oxygen atoms in total. The zero-order valence-electron chi connectivity index (χ0n) is 15.7. The fourth-order valence-corrected chi connectivity index (χ4v) is 2.20. The first kappa shape index (κ1) is 19.5. The van der Waals surface area contributed by atoms with Crippen LogP contribution in [0.2, 0.25) is 0 Å². The van der Waals surface area contributed by atoms with Gasteiger partial charge in [0.05, 0.1) is 13.7 Å². The van der Waals surface area contributed by atoms with Gasteiger partial charge in [0, 0.05) is 30.1 Å². The lowest BCUT2D eigenvalue weighted by atomic mass is 10.3. The van der Waals surface area contributed by atoms with Gasteiger partial charge in [0.25, 0.3) is 5.95 Å². The molecule has 3 N–H and O–H groups in total. The Balaban J connectivity index is 1.99. The number of hydrogen-bond acceptors (Lipinski definition) is 6. The summed E-state index contributed by atoms with van der Waals surface area (Å²) >= 11 is 0. The monoisotopic (exact) mass is 358 g/mol. The molecule has 0 radical (unpaired) electrons. The third-order valence-corrected chi connectivity index (χ3v) is 3.37. The number of aromatic nitrogens is 2. The van der Waals surface area contributed by atoms with Crippen LogP contribution in [0.5, 0.6) is 11.6 Å². The summed E-state index contributed by atoms with van der Waals surface area (Å²) in [5.74, 6) is 1.64. The Hall–Kier alpha value is -2.87. The highest BCUT2D eigenvalue weighted by molar-refractivity contribution is 5.93. The normalized spacial score (nSPS) is 11.5. The highest BCUT2D eigenvalue weighted by Gasteiger charge is 2.04. The van der Waals surface area contributed by atoms with Crippen molar-refractivity contribution in [3.8, 4) is 11.6 Å². The number of hydrogen-bond donors (Lipinski definition) is 2. The van der Waals surface area contributed by atoms with Gasteiger partial charge in [-0.15, -0.1) is 0 Å². The maximum Gasteiger partial charge on any atom is 0.256 e. The van der Waals surface area contributed by atoms with Crippen molar-refractivity contribution in [3.05, 3.63) is 36.0 Å². The standard InChI is InChI=1S/C18H26N6O2/c1-13-11-16(25-4)22-18(20-13)23-17(19)21-14-7-5-8-15(12-14)26-10-6-9-24(2)3/h5,7-8,11-12H,6,9-10H2,1-4H3,(H3,19,20,21,22,23). The Morgan fingerprint density at radius 1 is 1.27 bits per heavy atom. The van der Waals surface area contributed by atoms with E-state index in [2.05, 4.69) is 25.2 Å². The van der Waals surface area contributed by atoms with Crippen molar-refractivity contribution < 1.29 is 9.47 Å². The number of guanidine groups is 1. The lowest BCUT2D eigenvalue weighted by molar-refractivity contribution is 0.281. The lowest BCUT2D eigenvalue weighted by Gasteiger charge is -2.11. The molecule has 0 saturated carbocycles. The van der Waals surface area contributed by atoms with Crippen LogP contribution < -0.4 is 20.5 Å². The average Bonchev–Trinajstić information content (AvgIpc) is 2.58. The molecule has 0 aliphatic heterocycles. The van der Waals surface area contributed by atoms with Gasteiger partial charge < -0.3 is 25.4 Å². The molecular weight excluding hydrogens is 332 g/mol. The minimum atomic E-state index is 0.183. The van der Waals surface area contributed by atoms with Crippen LogP contribution >= 0.6 is 0 Å². The van der Waals surface area contributed by atoms with Gasteiger partial charge in [-0.25, -0.2) is 4.98 Å². The number of nitrogens with one attached hydrogen (secondary N) is 1. The summed E-state index contributed by atoms with van der Waals surface area (Å²) in [4.78, 5) is 14.7. The summed E-state index contributed by atoms with van der Waals surface area (Å²) in [5, 5.41) is 3.02. The molecule has 0 atom stereocenters. The van der Waals surface area contributed by atoms with Crippen LogP contribution in [0.3, 0.4) is 0 Å². The summed E-state index contributed by atoms with van der Waals surface area (Å²) in [6.07, 6.45) is 0.959. The molecule has 8 heteroatoms. The van der Waals surface area contributed by atoms with Crippen LogP contribution in [0, 0.1) is 6.92 Å². The summed E-state index contributed by atoms with van der Waals surface area (Å²) in [6.45, 7) is 3.48. The van der Waals surface area contributed by atoms with Gasteiger partial charge in [0.1, 0.15) is 5.75 Å². The second kappa shape index (κ2) is 9.57. The van der Waals surface area contributed by atoms with Crippen LogP contribution in [0.15, 0.2) is 35.3 Å². The Kier molecular flexibility index (Phi) is 7.16. The third-order valence-electron chi connectivity index (χ3n) is 3.37. The molecule has 0 fully saturated rings. The van der Waals surface area contributed by atoms with Gasteiger partial charge in [0.2, 0.25) is 11.8 Å². The number of ether oxygens (including phenoxy) is 2. The van der Waals surface area contributed by atoms with Crippen molar-refractivity contribution in [2.75, 3.05) is 39.7 Å². The number of aliphatic imine (C=N–C) groups is 1. The van der Waals surface area contributed by atoms with E-state index in [0.717, 1.165) is 30.1 Å². The van der Waals surface area contributed by atoms with Gasteiger partial charge >= 0.3 is 0 Å². The van der Waals surface area contributed by atoms with Crippen molar-refractivity contribution in [1.29, 1.82) is 0 Å². The predicted octanol–water partition coefficient (Wildman–Crippen LogP) is 2.18. The van der Waals surface area contributed by atoms with Gasteiger partial charge in [-0.1, -0.05) is 6.07 Å². The highest BCUT2D eigenvalue weighted by atomic mass is 16.5. The highest BCUT2D eigenvalue weighted by Crippen LogP contribution is 2.18. The van der Waals surface area contributed by atoms with E-state index < -0.39 is 0 Å². The van der Waals surface area contributed by atoms with Gasteiger partial charge in [0.15, 0.2) is 0 Å². The largest absolute Gasteiger partial charge is 0.493 e. The molecule has 26 heavy (non-hydrogen) atoms. The van der Waals surface area contributed by atoms with Crippen molar-refractivity contribution in [2.45, 2.75) is 13.3 Å². The van der Waals surface area contributed by atoms with E-state index >= 15 is 0 Å². The molecule has 2 rings (SSSR count). The van der Waals surface area contributed by atoms with Gasteiger partial charge in [-0.3, -0.25) is 0 Å². The van der Waals surface area contributed by atoms with Crippen LogP contribution in [0.4, 0.5) is 11.6 Å². The molecule has 0 unspecified atom stereocenters. The molecule has 1 aromatic heterocycles. The van der Waals surface area contributed by atoms with E-state index in [9.17, 15) is 0 Å². The Morgan fingerprint density at radius 2 is 2.08 bits per heavy atom. The van der Waals surface area contributed by atoms with Crippen LogP contribution in [-0.2, 0) is 0 Å². The molecule has 1 aromatic carbocycles. The minimum Gasteiger partial charge on any atom is -0.493 e. The smallest absolute Gasteiger partial charge is 0.256 e. The van der Waals surface area contributed by atoms with Crippen molar-refractivity contribution >= 4 is 17.6 Å². The topological polar surface area (TPSA) is 97.9 Å². The molecule has 0 aliphatic carbocycles. The minimum absolute atomic E-state index is 0.183. The van der Waals surface area contributed by atoms with Crippen LogP contribution in [0.25, 0.3) is 0 Å². The fourth-order valence-electron chi connectivity index (χ4n) is 2.20. The number of anilines is 1. The second-order valence-electron chi connectivity index (χ2n) is 6.01. The van der Waals surface area contributed by atoms with E-state index in [4.69, 9.17) is 15.2 Å². The lowest BCUT2D eigenvalue weighted by Crippen LogP contribution is -2.22. The number of nitrogens with zero attached hydrogens (tertiary/aromatic N) is 4. The van der Waals surface area contributed by atoms with E-state index in [1.165, 1.54) is 0 Å². The first-order valence-corrected chi connectivity index (χ1v) is 8.34. The fraction of sp³-hybridized carbons (Fsp3) is 0.389. The Labute approximate surface area is 154 Å². The zero-order chi connectivity index (χ0) is 18.9. The van der Waals surface area contributed by atoms with Crippen LogP contribution in [-0.4, -0.2) is 55.2 Å². The van der Waals surface area contributed by atoms with Gasteiger partial charge in [-0.05, 0) is 39.6 Å². The number of methoxy groups -OCH3 is 1. The second-order valence-corrected chi connectivity index (χ2v) is 6.01. The summed E-state index contributed by atoms with van der Waals surface area (Å²) in [7, 11) is 5.63. The third kappa shape index (κ3) is 6.56.